The molecule has 1 aliphatic rings. The molecule has 5 atom stereocenters. The molecule has 15 heteroatoms. The van der Waals surface area contributed by atoms with E-state index >= 15 is 0 Å². The molecule has 1 aromatic heterocycles. The van der Waals surface area contributed by atoms with Gasteiger partial charge in [-0.1, -0.05) is 56.7 Å². The van der Waals surface area contributed by atoms with Crippen LogP contribution in [0.3, 0.4) is 0 Å². The van der Waals surface area contributed by atoms with Crippen molar-refractivity contribution in [3.8, 4) is 6.07 Å². The van der Waals surface area contributed by atoms with Crippen LogP contribution in [-0.4, -0.2) is 78.0 Å². The Balaban J connectivity index is 1.78. The molecule has 0 saturated carbocycles. The number of hydrogen-bond acceptors (Lipinski definition) is 11. The number of ether oxygens (including phenoxy) is 2. The van der Waals surface area contributed by atoms with Gasteiger partial charge >= 0.3 is 11.7 Å². The molecule has 0 spiro atoms. The van der Waals surface area contributed by atoms with E-state index in [0.29, 0.717) is 11.1 Å². The molecule has 1 N–H and O–H groups in total. The number of carbonyl (C=O) groups is 2. The monoisotopic (exact) mass is 779 g/mol. The first kappa shape index (κ1) is 42.9. The number of benzene rings is 2. The minimum Gasteiger partial charge on any atom is -0.459 e. The first-order chi connectivity index (χ1) is 25.4. The van der Waals surface area contributed by atoms with E-state index in [1.807, 2.05) is 46.8 Å². The second-order valence-electron chi connectivity index (χ2n) is 15.3. The molecule has 2 aromatic carbocycles. The van der Waals surface area contributed by atoms with E-state index in [0.717, 1.165) is 5.56 Å². The SMILES string of the molecule is Cc1ccc(C(=O)OC[C@H]2O[C@@H](n3ccc(NC(=O)c4ccccc4)nc3=O)C(O[Si](C)(C)C(C)(C)C)[C@H]2OP(OCCC#N)N(C(C)C)C(C)C)cc1. The van der Waals surface area contributed by atoms with Crippen LogP contribution in [0.25, 0.3) is 0 Å². The Bertz CT molecular complexity index is 1800. The summed E-state index contributed by atoms with van der Waals surface area (Å²) in [7, 11) is -4.42. The van der Waals surface area contributed by atoms with E-state index in [4.69, 9.17) is 22.9 Å². The van der Waals surface area contributed by atoms with E-state index < -0.39 is 58.9 Å². The zero-order valence-electron chi connectivity index (χ0n) is 32.9. The number of nitriles is 1. The van der Waals surface area contributed by atoms with Crippen LogP contribution < -0.4 is 11.0 Å². The molecule has 13 nitrogen and oxygen atoms in total. The summed E-state index contributed by atoms with van der Waals surface area (Å²) in [5.74, 6) is -0.885. The molecule has 1 fully saturated rings. The van der Waals surface area contributed by atoms with E-state index in [1.54, 1.807) is 42.5 Å². The number of rotatable bonds is 16. The van der Waals surface area contributed by atoms with Crippen molar-refractivity contribution < 1.29 is 32.5 Å². The van der Waals surface area contributed by atoms with Gasteiger partial charge in [-0.2, -0.15) is 10.2 Å². The maximum atomic E-state index is 13.8. The lowest BCUT2D eigenvalue weighted by atomic mass is 10.1. The van der Waals surface area contributed by atoms with Crippen molar-refractivity contribution in [3.05, 3.63) is 94.0 Å². The number of aromatic nitrogens is 2. The molecule has 4 rings (SSSR count). The van der Waals surface area contributed by atoms with Gasteiger partial charge in [-0.05, 0) is 83.1 Å². The summed E-state index contributed by atoms with van der Waals surface area (Å²) in [6, 6.07) is 19.3. The second kappa shape index (κ2) is 18.7. The third-order valence-electron chi connectivity index (χ3n) is 9.44. The van der Waals surface area contributed by atoms with Gasteiger partial charge in [-0.25, -0.2) is 14.3 Å². The molecule has 0 aliphatic carbocycles. The highest BCUT2D eigenvalue weighted by molar-refractivity contribution is 7.44. The van der Waals surface area contributed by atoms with Crippen molar-refractivity contribution in [3.63, 3.8) is 0 Å². The van der Waals surface area contributed by atoms with Gasteiger partial charge in [0.05, 0.1) is 24.7 Å². The summed E-state index contributed by atoms with van der Waals surface area (Å²) in [6.45, 7) is 20.5. The minimum atomic E-state index is -2.61. The van der Waals surface area contributed by atoms with Gasteiger partial charge in [0.15, 0.2) is 14.5 Å². The van der Waals surface area contributed by atoms with Gasteiger partial charge in [0.25, 0.3) is 14.4 Å². The van der Waals surface area contributed by atoms with Crippen LogP contribution in [-0.2, 0) is 22.9 Å². The largest absolute Gasteiger partial charge is 0.459 e. The van der Waals surface area contributed by atoms with Gasteiger partial charge in [0, 0.05) is 23.8 Å². The van der Waals surface area contributed by atoms with Crippen LogP contribution in [0.15, 0.2) is 71.7 Å². The molecule has 0 radical (unpaired) electrons. The maximum absolute atomic E-state index is 13.8. The summed E-state index contributed by atoms with van der Waals surface area (Å²) in [6.07, 6.45) is -2.09. The summed E-state index contributed by atoms with van der Waals surface area (Å²) < 4.78 is 36.2. The predicted molar refractivity (Wildman–Crippen MR) is 210 cm³/mol. The molecular formula is C39H54N5O8PSi. The number of hydrogen-bond donors (Lipinski definition) is 1. The highest BCUT2D eigenvalue weighted by Crippen LogP contribution is 2.51. The number of amides is 1. The van der Waals surface area contributed by atoms with Crippen LogP contribution in [0, 0.1) is 18.3 Å². The molecular weight excluding hydrogens is 726 g/mol. The van der Waals surface area contributed by atoms with Crippen LogP contribution in [0.4, 0.5) is 5.82 Å². The Labute approximate surface area is 321 Å². The normalized spacial score (nSPS) is 19.6. The number of nitrogens with one attached hydrogen (secondary N) is 1. The lowest BCUT2D eigenvalue weighted by molar-refractivity contribution is -0.0580. The van der Waals surface area contributed by atoms with E-state index in [2.05, 4.69) is 54.9 Å². The Morgan fingerprint density at radius 2 is 1.67 bits per heavy atom. The first-order valence-corrected chi connectivity index (χ1v) is 22.2. The number of anilines is 1. The fourth-order valence-electron chi connectivity index (χ4n) is 5.62. The lowest BCUT2D eigenvalue weighted by Crippen LogP contribution is -2.50. The van der Waals surface area contributed by atoms with Crippen LogP contribution in [0.5, 0.6) is 0 Å². The standard InChI is InChI=1S/C39H54N5O8PSi/c1-26(2)44(27(3)4)53(49-24-14-22-40)51-33-31(25-48-37(46)30-19-17-28(5)18-20-30)50-36(34(33)52-54(9,10)39(6,7)8)43-23-21-32(42-38(43)47)41-35(45)29-15-12-11-13-16-29/h11-13,15-21,23,26-27,31,33-34,36H,14,24-25H2,1-10H3,(H,41,42,45,47)/t31-,33+,34?,36-,53?/m1/s1. The lowest BCUT2D eigenvalue weighted by Gasteiger charge is -2.42. The Hall–Kier alpha value is -3.80. The minimum absolute atomic E-state index is 0.000602. The van der Waals surface area contributed by atoms with Crippen molar-refractivity contribution in [2.24, 2.45) is 0 Å². The topological polar surface area (TPSA) is 154 Å². The molecule has 0 bridgehead atoms. The van der Waals surface area contributed by atoms with Crippen molar-refractivity contribution in [1.82, 2.24) is 14.2 Å². The number of carbonyl (C=O) groups excluding carboxylic acids is 2. The predicted octanol–water partition coefficient (Wildman–Crippen LogP) is 7.61. The highest BCUT2D eigenvalue weighted by Gasteiger charge is 2.54. The van der Waals surface area contributed by atoms with Gasteiger partial charge in [0.2, 0.25) is 0 Å². The van der Waals surface area contributed by atoms with Crippen LogP contribution in [0.2, 0.25) is 18.1 Å². The zero-order chi connectivity index (χ0) is 39.8. The number of aryl methyl sites for hydroxylation is 1. The van der Waals surface area contributed by atoms with Crippen LogP contribution in [0.1, 0.15) is 87.4 Å². The van der Waals surface area contributed by atoms with E-state index in [-0.39, 0.29) is 42.6 Å². The molecule has 2 heterocycles. The second-order valence-corrected chi connectivity index (χ2v) is 21.5. The Kier molecular flexibility index (Phi) is 14.9. The molecule has 1 saturated heterocycles. The molecule has 292 valence electrons. The molecule has 2 unspecified atom stereocenters. The molecule has 1 aliphatic heterocycles. The smallest absolute Gasteiger partial charge is 0.351 e. The van der Waals surface area contributed by atoms with Gasteiger partial charge in [0.1, 0.15) is 30.7 Å². The third-order valence-corrected chi connectivity index (χ3v) is 16.0. The average Bonchev–Trinajstić information content (AvgIpc) is 3.42. The maximum Gasteiger partial charge on any atom is 0.351 e. The number of esters is 1. The highest BCUT2D eigenvalue weighted by atomic mass is 31.2. The Morgan fingerprint density at radius 1 is 1.02 bits per heavy atom. The molecule has 3 aromatic rings. The summed E-state index contributed by atoms with van der Waals surface area (Å²) in [4.78, 5) is 44.1. The van der Waals surface area contributed by atoms with Crippen molar-refractivity contribution in [1.29, 1.82) is 5.26 Å². The summed E-state index contributed by atoms with van der Waals surface area (Å²) in [5, 5.41) is 11.8. The fraction of sp³-hybridized carbons (Fsp3) is 0.513. The van der Waals surface area contributed by atoms with Crippen molar-refractivity contribution >= 4 is 34.5 Å². The van der Waals surface area contributed by atoms with Gasteiger partial charge in [-0.3, -0.25) is 9.36 Å². The summed E-state index contributed by atoms with van der Waals surface area (Å²) in [5.41, 5.74) is 1.10. The van der Waals surface area contributed by atoms with Gasteiger partial charge in [-0.15, -0.1) is 0 Å². The zero-order valence-corrected chi connectivity index (χ0v) is 34.8. The molecule has 1 amide bonds. The van der Waals surface area contributed by atoms with Crippen molar-refractivity contribution in [2.45, 2.75) is 117 Å². The third kappa shape index (κ3) is 10.9. The first-order valence-electron chi connectivity index (χ1n) is 18.2. The average molecular weight is 780 g/mol. The quantitative estimate of drug-likeness (QED) is 0.0661. The van der Waals surface area contributed by atoms with E-state index in [1.165, 1.54) is 16.8 Å². The fourth-order valence-corrected chi connectivity index (χ4v) is 8.67. The van der Waals surface area contributed by atoms with Crippen LogP contribution >= 0.6 is 8.53 Å². The Morgan fingerprint density at radius 3 is 2.24 bits per heavy atom. The van der Waals surface area contributed by atoms with E-state index in [9.17, 15) is 19.6 Å². The van der Waals surface area contributed by atoms with Crippen molar-refractivity contribution in [2.75, 3.05) is 18.5 Å². The summed E-state index contributed by atoms with van der Waals surface area (Å²) >= 11 is 0. The van der Waals surface area contributed by atoms with Gasteiger partial charge < -0.3 is 28.3 Å². The number of nitrogens with zero attached hydrogens (tertiary/aromatic N) is 4. The molecule has 54 heavy (non-hydrogen) atoms.